The van der Waals surface area contributed by atoms with E-state index in [1.165, 1.54) is 0 Å². The van der Waals surface area contributed by atoms with Gasteiger partial charge in [0.25, 0.3) is 0 Å². The van der Waals surface area contributed by atoms with Gasteiger partial charge >= 0.3 is 11.9 Å². The van der Waals surface area contributed by atoms with Crippen LogP contribution in [0.15, 0.2) is 0 Å². The predicted molar refractivity (Wildman–Crippen MR) is 55.3 cm³/mol. The van der Waals surface area contributed by atoms with Crippen molar-refractivity contribution in [3.63, 3.8) is 0 Å². The number of hydrogen-bond acceptors (Lipinski definition) is 4. The summed E-state index contributed by atoms with van der Waals surface area (Å²) in [6.45, 7) is 2.06. The zero-order valence-corrected chi connectivity index (χ0v) is 9.38. The highest BCUT2D eigenvalue weighted by atomic mass is 16.5. The van der Waals surface area contributed by atoms with E-state index >= 15 is 0 Å². The summed E-state index contributed by atoms with van der Waals surface area (Å²) in [5.74, 6) is -3.50. The second-order valence-corrected chi connectivity index (χ2v) is 4.07. The lowest BCUT2D eigenvalue weighted by Gasteiger charge is -2.14. The molecule has 3 N–H and O–H groups in total. The second kappa shape index (κ2) is 5.62. The zero-order valence-electron chi connectivity index (χ0n) is 9.38. The fourth-order valence-corrected chi connectivity index (χ4v) is 1.66. The number of hydrogen-bond donors (Lipinski definition) is 3. The Hall–Kier alpha value is -1.63. The summed E-state index contributed by atoms with van der Waals surface area (Å²) in [6, 6.07) is -1.39. The quantitative estimate of drug-likeness (QED) is 0.599. The molecule has 0 aromatic rings. The van der Waals surface area contributed by atoms with Crippen molar-refractivity contribution in [1.82, 2.24) is 5.32 Å². The number of carbonyl (C=O) groups excluding carboxylic acids is 1. The SMILES string of the molecule is CC1CC(C(=O)N[C@@H](CC(=O)O)C(=O)O)CO1. The summed E-state index contributed by atoms with van der Waals surface area (Å²) in [4.78, 5) is 32.8. The van der Waals surface area contributed by atoms with E-state index in [4.69, 9.17) is 14.9 Å². The molecular formula is C10H15NO6. The average molecular weight is 245 g/mol. The van der Waals surface area contributed by atoms with Crippen molar-refractivity contribution in [2.45, 2.75) is 31.9 Å². The highest BCUT2D eigenvalue weighted by Gasteiger charge is 2.31. The molecule has 0 saturated carbocycles. The van der Waals surface area contributed by atoms with Gasteiger partial charge in [0, 0.05) is 0 Å². The van der Waals surface area contributed by atoms with E-state index in [1.54, 1.807) is 0 Å². The fourth-order valence-electron chi connectivity index (χ4n) is 1.66. The van der Waals surface area contributed by atoms with Crippen LogP contribution in [0.5, 0.6) is 0 Å². The number of amides is 1. The largest absolute Gasteiger partial charge is 0.481 e. The van der Waals surface area contributed by atoms with Crippen LogP contribution in [0.1, 0.15) is 19.8 Å². The minimum absolute atomic E-state index is 0.0338. The summed E-state index contributed by atoms with van der Waals surface area (Å²) in [5.41, 5.74) is 0. The molecule has 0 aromatic carbocycles. The number of carbonyl (C=O) groups is 3. The summed E-state index contributed by atoms with van der Waals surface area (Å²) >= 11 is 0. The van der Waals surface area contributed by atoms with E-state index in [0.717, 1.165) is 0 Å². The van der Waals surface area contributed by atoms with Crippen molar-refractivity contribution in [3.8, 4) is 0 Å². The molecule has 2 unspecified atom stereocenters. The van der Waals surface area contributed by atoms with Gasteiger partial charge in [-0.2, -0.15) is 0 Å². The topological polar surface area (TPSA) is 113 Å². The molecule has 0 aliphatic carbocycles. The highest BCUT2D eigenvalue weighted by molar-refractivity contribution is 5.87. The monoisotopic (exact) mass is 245 g/mol. The third-order valence-corrected chi connectivity index (χ3v) is 2.56. The van der Waals surface area contributed by atoms with Crippen LogP contribution >= 0.6 is 0 Å². The van der Waals surface area contributed by atoms with Crippen molar-refractivity contribution >= 4 is 17.8 Å². The van der Waals surface area contributed by atoms with Gasteiger partial charge in [-0.15, -0.1) is 0 Å². The Balaban J connectivity index is 2.52. The van der Waals surface area contributed by atoms with Crippen LogP contribution in [-0.2, 0) is 19.1 Å². The first-order chi connectivity index (χ1) is 7.90. The van der Waals surface area contributed by atoms with E-state index < -0.39 is 36.2 Å². The van der Waals surface area contributed by atoms with Crippen molar-refractivity contribution < 1.29 is 29.3 Å². The number of rotatable bonds is 5. The Morgan fingerprint density at radius 2 is 2.06 bits per heavy atom. The summed E-state index contributed by atoms with van der Waals surface area (Å²) in [5, 5.41) is 19.5. The smallest absolute Gasteiger partial charge is 0.326 e. The molecule has 0 radical (unpaired) electrons. The van der Waals surface area contributed by atoms with Crippen LogP contribution < -0.4 is 5.32 Å². The number of carboxylic acid groups (broad SMARTS) is 2. The summed E-state index contributed by atoms with van der Waals surface area (Å²) in [7, 11) is 0. The lowest BCUT2D eigenvalue weighted by Crippen LogP contribution is -2.45. The van der Waals surface area contributed by atoms with Gasteiger partial charge in [0.2, 0.25) is 5.91 Å². The average Bonchev–Trinajstić information content (AvgIpc) is 2.63. The standard InChI is InChI=1S/C10H15NO6/c1-5-2-6(4-17-5)9(14)11-7(10(15)16)3-8(12)13/h5-7H,2-4H2,1H3,(H,11,14)(H,12,13)(H,15,16)/t5?,6?,7-/m0/s1. The molecule has 0 spiro atoms. The van der Waals surface area contributed by atoms with Gasteiger partial charge in [-0.1, -0.05) is 0 Å². The highest BCUT2D eigenvalue weighted by Crippen LogP contribution is 2.19. The maximum Gasteiger partial charge on any atom is 0.326 e. The van der Waals surface area contributed by atoms with E-state index in [2.05, 4.69) is 5.32 Å². The Morgan fingerprint density at radius 3 is 2.47 bits per heavy atom. The van der Waals surface area contributed by atoms with Crippen LogP contribution in [0.4, 0.5) is 0 Å². The Kier molecular flexibility index (Phi) is 4.45. The van der Waals surface area contributed by atoms with E-state index in [0.29, 0.717) is 6.42 Å². The zero-order chi connectivity index (χ0) is 13.0. The molecular weight excluding hydrogens is 230 g/mol. The lowest BCUT2D eigenvalue weighted by molar-refractivity contribution is -0.147. The molecule has 1 rings (SSSR count). The first-order valence-electron chi connectivity index (χ1n) is 5.26. The molecule has 1 amide bonds. The van der Waals surface area contributed by atoms with Gasteiger partial charge in [-0.05, 0) is 13.3 Å². The number of nitrogens with one attached hydrogen (secondary N) is 1. The van der Waals surface area contributed by atoms with Crippen LogP contribution in [0.25, 0.3) is 0 Å². The molecule has 7 heteroatoms. The van der Waals surface area contributed by atoms with Crippen LogP contribution in [0.2, 0.25) is 0 Å². The maximum atomic E-state index is 11.6. The van der Waals surface area contributed by atoms with Gasteiger partial charge in [0.05, 0.1) is 25.0 Å². The van der Waals surface area contributed by atoms with Crippen molar-refractivity contribution in [2.24, 2.45) is 5.92 Å². The normalized spacial score (nSPS) is 25.2. The number of carboxylic acids is 2. The molecule has 1 fully saturated rings. The molecule has 1 heterocycles. The van der Waals surface area contributed by atoms with Crippen LogP contribution in [0, 0.1) is 5.92 Å². The molecule has 1 aliphatic heterocycles. The van der Waals surface area contributed by atoms with Gasteiger partial charge in [-0.25, -0.2) is 4.79 Å². The van der Waals surface area contributed by atoms with E-state index in [9.17, 15) is 14.4 Å². The Labute approximate surface area is 97.8 Å². The second-order valence-electron chi connectivity index (χ2n) is 4.07. The van der Waals surface area contributed by atoms with Crippen molar-refractivity contribution in [1.29, 1.82) is 0 Å². The molecule has 17 heavy (non-hydrogen) atoms. The van der Waals surface area contributed by atoms with Crippen LogP contribution in [-0.4, -0.2) is 46.8 Å². The first-order valence-corrected chi connectivity index (χ1v) is 5.26. The number of aliphatic carboxylic acids is 2. The third-order valence-electron chi connectivity index (χ3n) is 2.56. The maximum absolute atomic E-state index is 11.6. The van der Waals surface area contributed by atoms with Gasteiger partial charge in [-0.3, -0.25) is 9.59 Å². The lowest BCUT2D eigenvalue weighted by atomic mass is 10.0. The third kappa shape index (κ3) is 4.03. The molecule has 96 valence electrons. The Bertz CT molecular complexity index is 329. The Morgan fingerprint density at radius 1 is 1.41 bits per heavy atom. The van der Waals surface area contributed by atoms with Gasteiger partial charge in [0.1, 0.15) is 6.04 Å². The molecule has 1 saturated heterocycles. The molecule has 3 atom stereocenters. The van der Waals surface area contributed by atoms with Crippen molar-refractivity contribution in [2.75, 3.05) is 6.61 Å². The fraction of sp³-hybridized carbons (Fsp3) is 0.700. The van der Waals surface area contributed by atoms with E-state index in [1.807, 2.05) is 6.92 Å². The molecule has 1 aliphatic rings. The molecule has 0 aromatic heterocycles. The summed E-state index contributed by atoms with van der Waals surface area (Å²) in [6.07, 6.45) is -0.149. The minimum atomic E-state index is -1.39. The summed E-state index contributed by atoms with van der Waals surface area (Å²) < 4.78 is 5.19. The number of ether oxygens (including phenoxy) is 1. The minimum Gasteiger partial charge on any atom is -0.481 e. The first kappa shape index (κ1) is 13.4. The van der Waals surface area contributed by atoms with Gasteiger partial charge < -0.3 is 20.3 Å². The van der Waals surface area contributed by atoms with E-state index in [-0.39, 0.29) is 12.7 Å². The van der Waals surface area contributed by atoms with Gasteiger partial charge in [0.15, 0.2) is 0 Å². The van der Waals surface area contributed by atoms with Crippen LogP contribution in [0.3, 0.4) is 0 Å². The predicted octanol–water partition coefficient (Wildman–Crippen LogP) is -0.544. The van der Waals surface area contributed by atoms with Crippen molar-refractivity contribution in [3.05, 3.63) is 0 Å². The molecule has 0 bridgehead atoms. The molecule has 7 nitrogen and oxygen atoms in total.